The van der Waals surface area contributed by atoms with E-state index in [0.29, 0.717) is 71.3 Å². The van der Waals surface area contributed by atoms with E-state index >= 15 is 0 Å². The molecule has 5 aromatic rings. The number of rotatable bonds is 14. The third kappa shape index (κ3) is 7.54. The fraction of sp³-hybridized carbons (Fsp3) is 0.257. The SMILES string of the molecule is NC(=O)[C@H](CCCNC1(N)CC1)n1c(-c2cccc(Oc3ccc(Cl)cc3)c2)nc2cc(C(=O)NCCc3ccccn3)ccc21. The zero-order valence-electron chi connectivity index (χ0n) is 25.3. The Hall–Kier alpha value is -4.77. The first kappa shape index (κ1) is 31.2. The summed E-state index contributed by atoms with van der Waals surface area (Å²) >= 11 is 6.04. The van der Waals surface area contributed by atoms with Crippen LogP contribution < -0.4 is 26.8 Å². The summed E-state index contributed by atoms with van der Waals surface area (Å²) in [5.41, 5.74) is 15.3. The fourth-order valence-electron chi connectivity index (χ4n) is 5.39. The first-order valence-corrected chi connectivity index (χ1v) is 15.7. The molecule has 0 radical (unpaired) electrons. The van der Waals surface area contributed by atoms with Crippen LogP contribution in [0.4, 0.5) is 0 Å². The highest BCUT2D eigenvalue weighted by molar-refractivity contribution is 6.30. The molecule has 2 amide bonds. The molecule has 0 aliphatic heterocycles. The molecule has 1 aliphatic carbocycles. The van der Waals surface area contributed by atoms with Gasteiger partial charge in [-0.25, -0.2) is 4.98 Å². The van der Waals surface area contributed by atoms with Gasteiger partial charge in [-0.2, -0.15) is 0 Å². The topological polar surface area (TPSA) is 150 Å². The highest BCUT2D eigenvalue weighted by atomic mass is 35.5. The maximum Gasteiger partial charge on any atom is 0.251 e. The zero-order chi connectivity index (χ0) is 32.1. The smallest absolute Gasteiger partial charge is 0.251 e. The number of aromatic nitrogens is 3. The van der Waals surface area contributed by atoms with Gasteiger partial charge >= 0.3 is 0 Å². The number of fused-ring (bicyclic) bond motifs is 1. The van der Waals surface area contributed by atoms with E-state index in [1.807, 2.05) is 53.1 Å². The van der Waals surface area contributed by atoms with Crippen molar-refractivity contribution in [2.75, 3.05) is 13.1 Å². The molecule has 46 heavy (non-hydrogen) atoms. The predicted octanol–water partition coefficient (Wildman–Crippen LogP) is 5.36. The molecular weight excluding hydrogens is 602 g/mol. The summed E-state index contributed by atoms with van der Waals surface area (Å²) in [6, 6.07) is 24.9. The molecule has 6 N–H and O–H groups in total. The minimum atomic E-state index is -0.686. The molecule has 2 aromatic heterocycles. The highest BCUT2D eigenvalue weighted by Crippen LogP contribution is 2.34. The Morgan fingerprint density at radius 2 is 1.80 bits per heavy atom. The number of pyridine rings is 1. The van der Waals surface area contributed by atoms with Gasteiger partial charge in [0.25, 0.3) is 5.91 Å². The molecule has 2 heterocycles. The molecule has 1 aliphatic rings. The lowest BCUT2D eigenvalue weighted by Gasteiger charge is -2.20. The van der Waals surface area contributed by atoms with Gasteiger partial charge in [0.15, 0.2) is 0 Å². The number of nitrogens with zero attached hydrogens (tertiary/aromatic N) is 3. The Kier molecular flexibility index (Phi) is 9.30. The number of imidazole rings is 1. The van der Waals surface area contributed by atoms with Crippen LogP contribution in [0.3, 0.4) is 0 Å². The van der Waals surface area contributed by atoms with Gasteiger partial charge in [-0.3, -0.25) is 19.9 Å². The van der Waals surface area contributed by atoms with E-state index in [1.54, 1.807) is 42.6 Å². The molecule has 0 saturated heterocycles. The van der Waals surface area contributed by atoms with Crippen molar-refractivity contribution < 1.29 is 14.3 Å². The van der Waals surface area contributed by atoms with Crippen molar-refractivity contribution in [3.05, 3.63) is 107 Å². The van der Waals surface area contributed by atoms with Gasteiger partial charge in [-0.1, -0.05) is 29.8 Å². The quantitative estimate of drug-likeness (QED) is 0.0945. The van der Waals surface area contributed by atoms with E-state index in [2.05, 4.69) is 15.6 Å². The van der Waals surface area contributed by atoms with E-state index in [1.165, 1.54) is 0 Å². The molecule has 3 aromatic carbocycles. The van der Waals surface area contributed by atoms with E-state index < -0.39 is 11.9 Å². The number of nitrogens with one attached hydrogen (secondary N) is 2. The number of benzene rings is 3. The largest absolute Gasteiger partial charge is 0.457 e. The van der Waals surface area contributed by atoms with Crippen LogP contribution in [0, 0.1) is 0 Å². The van der Waals surface area contributed by atoms with Crippen LogP contribution in [0.5, 0.6) is 11.5 Å². The molecule has 11 heteroatoms. The second kappa shape index (κ2) is 13.7. The first-order chi connectivity index (χ1) is 22.3. The van der Waals surface area contributed by atoms with Crippen molar-refractivity contribution in [2.24, 2.45) is 11.5 Å². The van der Waals surface area contributed by atoms with Crippen LogP contribution in [0.25, 0.3) is 22.4 Å². The van der Waals surface area contributed by atoms with Crippen LogP contribution in [-0.4, -0.2) is 45.1 Å². The molecule has 0 unspecified atom stereocenters. The van der Waals surface area contributed by atoms with Gasteiger partial charge in [-0.05, 0) is 99.0 Å². The standard InChI is InChI=1S/C35H36ClN7O3/c36-25-10-12-27(13-11-25)46-28-7-3-5-23(21-28)33-42-29-22-24(34(45)40-20-15-26-6-1-2-18-39-26)9-14-30(29)43(33)31(32(37)44)8-4-19-41-35(38)16-17-35/h1-3,5-7,9-14,18,21-22,31,41H,4,8,15-17,19-20,38H2,(H2,37,44)(H,40,45)/t31-/m0/s1. The zero-order valence-corrected chi connectivity index (χ0v) is 26.0. The van der Waals surface area contributed by atoms with Gasteiger partial charge in [0, 0.05) is 41.0 Å². The third-order valence-electron chi connectivity index (χ3n) is 8.05. The monoisotopic (exact) mass is 637 g/mol. The van der Waals surface area contributed by atoms with Crippen molar-refractivity contribution in [3.63, 3.8) is 0 Å². The maximum absolute atomic E-state index is 13.1. The Morgan fingerprint density at radius 1 is 0.978 bits per heavy atom. The van der Waals surface area contributed by atoms with Crippen LogP contribution in [0.15, 0.2) is 91.1 Å². The van der Waals surface area contributed by atoms with E-state index in [4.69, 9.17) is 32.8 Å². The predicted molar refractivity (Wildman–Crippen MR) is 179 cm³/mol. The van der Waals surface area contributed by atoms with Crippen molar-refractivity contribution in [1.82, 2.24) is 25.2 Å². The fourth-order valence-corrected chi connectivity index (χ4v) is 5.52. The lowest BCUT2D eigenvalue weighted by molar-refractivity contribution is -0.121. The number of amides is 2. The molecule has 236 valence electrons. The summed E-state index contributed by atoms with van der Waals surface area (Å²) in [6.45, 7) is 1.10. The maximum atomic E-state index is 13.1. The summed E-state index contributed by atoms with van der Waals surface area (Å²) in [7, 11) is 0. The lowest BCUT2D eigenvalue weighted by Crippen LogP contribution is -2.40. The van der Waals surface area contributed by atoms with Crippen molar-refractivity contribution in [2.45, 2.75) is 43.8 Å². The number of carbonyl (C=O) groups is 2. The Labute approximate surface area is 272 Å². The number of halogens is 1. The number of hydrogen-bond donors (Lipinski definition) is 4. The second-order valence-electron chi connectivity index (χ2n) is 11.6. The Balaban J connectivity index is 1.30. The van der Waals surface area contributed by atoms with Crippen LogP contribution in [0.2, 0.25) is 5.02 Å². The summed E-state index contributed by atoms with van der Waals surface area (Å²) in [4.78, 5) is 35.4. The Bertz CT molecular complexity index is 1840. The normalized spacial score (nSPS) is 14.1. The molecule has 0 spiro atoms. The average molecular weight is 638 g/mol. The highest BCUT2D eigenvalue weighted by Gasteiger charge is 2.37. The summed E-state index contributed by atoms with van der Waals surface area (Å²) < 4.78 is 7.96. The molecule has 10 nitrogen and oxygen atoms in total. The minimum absolute atomic E-state index is 0.222. The van der Waals surface area contributed by atoms with Crippen LogP contribution in [-0.2, 0) is 11.2 Å². The molecule has 1 atom stereocenters. The molecule has 6 rings (SSSR count). The van der Waals surface area contributed by atoms with Gasteiger partial charge in [0.1, 0.15) is 23.4 Å². The molecule has 1 fully saturated rings. The second-order valence-corrected chi connectivity index (χ2v) is 12.0. The van der Waals surface area contributed by atoms with Gasteiger partial charge in [-0.15, -0.1) is 0 Å². The lowest BCUT2D eigenvalue weighted by atomic mass is 10.1. The first-order valence-electron chi connectivity index (χ1n) is 15.4. The van der Waals surface area contributed by atoms with E-state index in [0.717, 1.165) is 24.1 Å². The van der Waals surface area contributed by atoms with E-state index in [-0.39, 0.29) is 11.6 Å². The summed E-state index contributed by atoms with van der Waals surface area (Å²) in [6.07, 6.45) is 5.39. The van der Waals surface area contributed by atoms with Gasteiger partial charge in [0.2, 0.25) is 5.91 Å². The Morgan fingerprint density at radius 3 is 2.54 bits per heavy atom. The van der Waals surface area contributed by atoms with Crippen molar-refractivity contribution in [1.29, 1.82) is 0 Å². The number of carbonyl (C=O) groups excluding carboxylic acids is 2. The molecular formula is C35H36ClN7O3. The number of ether oxygens (including phenoxy) is 1. The minimum Gasteiger partial charge on any atom is -0.457 e. The van der Waals surface area contributed by atoms with Gasteiger partial charge in [0.05, 0.1) is 16.7 Å². The molecule has 0 bridgehead atoms. The van der Waals surface area contributed by atoms with E-state index in [9.17, 15) is 9.59 Å². The van der Waals surface area contributed by atoms with Crippen LogP contribution in [0.1, 0.15) is 47.8 Å². The number of primary amides is 1. The third-order valence-corrected chi connectivity index (χ3v) is 8.30. The van der Waals surface area contributed by atoms with Crippen LogP contribution >= 0.6 is 11.6 Å². The van der Waals surface area contributed by atoms with Crippen molar-refractivity contribution >= 4 is 34.4 Å². The number of nitrogens with two attached hydrogens (primary N) is 2. The number of hydrogen-bond acceptors (Lipinski definition) is 7. The van der Waals surface area contributed by atoms with Crippen molar-refractivity contribution in [3.8, 4) is 22.9 Å². The summed E-state index contributed by atoms with van der Waals surface area (Å²) in [5.74, 6) is 1.06. The van der Waals surface area contributed by atoms with Gasteiger partial charge < -0.3 is 26.1 Å². The summed E-state index contributed by atoms with van der Waals surface area (Å²) in [5, 5.41) is 6.94. The molecule has 1 saturated carbocycles. The average Bonchev–Trinajstić information content (AvgIpc) is 3.68.